The standard InChI is InChI=1S/C14H18ClN.C10H15N/c1-10-4-5-12(15)8-13(10)14-9-16(3)7-6-11(14)2;1-4-8(2)10-6-5-9(3)11-7-10/h4-5,8H,6-7,9H2,1-3H3;5-8H,4H2,1-3H3. The van der Waals surface area contributed by atoms with E-state index in [1.54, 1.807) is 0 Å². The van der Waals surface area contributed by atoms with E-state index in [1.807, 2.05) is 19.2 Å². The summed E-state index contributed by atoms with van der Waals surface area (Å²) < 4.78 is 0. The van der Waals surface area contributed by atoms with Gasteiger partial charge in [-0.05, 0) is 87.0 Å². The Kier molecular flexibility index (Phi) is 8.07. The monoisotopic (exact) mass is 384 g/mol. The number of aromatic nitrogens is 1. The fraction of sp³-hybridized carbons (Fsp3) is 0.458. The summed E-state index contributed by atoms with van der Waals surface area (Å²) in [5.41, 5.74) is 8.03. The van der Waals surface area contributed by atoms with E-state index >= 15 is 0 Å². The SMILES string of the molecule is CC1=C(c2cc(Cl)ccc2C)CN(C)CC1.CCC(C)c1ccc(C)nc1. The summed E-state index contributed by atoms with van der Waals surface area (Å²) in [4.78, 5) is 6.61. The van der Waals surface area contributed by atoms with Crippen molar-refractivity contribution in [3.8, 4) is 0 Å². The van der Waals surface area contributed by atoms with Crippen LogP contribution >= 0.6 is 11.6 Å². The molecule has 3 heteroatoms. The van der Waals surface area contributed by atoms with Gasteiger partial charge in [-0.2, -0.15) is 0 Å². The fourth-order valence-electron chi connectivity index (χ4n) is 3.23. The van der Waals surface area contributed by atoms with Gasteiger partial charge in [0.25, 0.3) is 0 Å². The summed E-state index contributed by atoms with van der Waals surface area (Å²) in [6, 6.07) is 10.4. The number of likely N-dealkylation sites (N-methyl/N-ethyl adjacent to an activating group) is 1. The van der Waals surface area contributed by atoms with Gasteiger partial charge in [-0.15, -0.1) is 0 Å². The van der Waals surface area contributed by atoms with E-state index in [2.05, 4.69) is 68.9 Å². The van der Waals surface area contributed by atoms with Crippen LogP contribution in [0.4, 0.5) is 0 Å². The van der Waals surface area contributed by atoms with Crippen LogP contribution in [0, 0.1) is 13.8 Å². The maximum atomic E-state index is 6.08. The van der Waals surface area contributed by atoms with E-state index in [0.717, 1.165) is 30.2 Å². The smallest absolute Gasteiger partial charge is 0.0412 e. The molecule has 0 fully saturated rings. The molecule has 3 rings (SSSR count). The van der Waals surface area contributed by atoms with Gasteiger partial charge in [-0.25, -0.2) is 0 Å². The molecular formula is C24H33ClN2. The third-order valence-electron chi connectivity index (χ3n) is 5.45. The maximum absolute atomic E-state index is 6.08. The summed E-state index contributed by atoms with van der Waals surface area (Å²) >= 11 is 6.08. The first-order valence-electron chi connectivity index (χ1n) is 9.88. The molecule has 1 aromatic carbocycles. The van der Waals surface area contributed by atoms with Gasteiger partial charge in [0.1, 0.15) is 0 Å². The molecule has 1 unspecified atom stereocenters. The Labute approximate surface area is 170 Å². The van der Waals surface area contributed by atoms with Crippen LogP contribution in [0.1, 0.15) is 61.9 Å². The molecule has 0 radical (unpaired) electrons. The number of pyridine rings is 1. The summed E-state index contributed by atoms with van der Waals surface area (Å²) in [6.07, 6.45) is 4.33. The average Bonchev–Trinajstić information content (AvgIpc) is 2.66. The molecule has 1 aliphatic heterocycles. The molecule has 0 aliphatic carbocycles. The Hall–Kier alpha value is -1.64. The van der Waals surface area contributed by atoms with Gasteiger partial charge in [0.05, 0.1) is 0 Å². The zero-order valence-electron chi connectivity index (χ0n) is 17.6. The van der Waals surface area contributed by atoms with Crippen molar-refractivity contribution in [1.82, 2.24) is 9.88 Å². The number of benzene rings is 1. The highest BCUT2D eigenvalue weighted by molar-refractivity contribution is 6.30. The van der Waals surface area contributed by atoms with Gasteiger partial charge in [-0.1, -0.05) is 43.2 Å². The highest BCUT2D eigenvalue weighted by Gasteiger charge is 2.16. The third-order valence-corrected chi connectivity index (χ3v) is 5.69. The van der Waals surface area contributed by atoms with Gasteiger partial charge >= 0.3 is 0 Å². The van der Waals surface area contributed by atoms with Gasteiger partial charge in [-0.3, -0.25) is 4.98 Å². The van der Waals surface area contributed by atoms with E-state index in [-0.39, 0.29) is 0 Å². The molecule has 0 bridgehead atoms. The van der Waals surface area contributed by atoms with Gasteiger partial charge in [0, 0.05) is 30.0 Å². The highest BCUT2D eigenvalue weighted by atomic mass is 35.5. The van der Waals surface area contributed by atoms with E-state index in [4.69, 9.17) is 11.6 Å². The lowest BCUT2D eigenvalue weighted by molar-refractivity contribution is 0.366. The Morgan fingerprint density at radius 3 is 2.52 bits per heavy atom. The molecule has 1 aliphatic rings. The normalized spacial score (nSPS) is 16.0. The van der Waals surface area contributed by atoms with Gasteiger partial charge in [0.2, 0.25) is 0 Å². The molecule has 27 heavy (non-hydrogen) atoms. The van der Waals surface area contributed by atoms with E-state index in [9.17, 15) is 0 Å². The van der Waals surface area contributed by atoms with Crippen LogP contribution < -0.4 is 0 Å². The average molecular weight is 385 g/mol. The molecule has 0 saturated carbocycles. The van der Waals surface area contributed by atoms with Crippen LogP contribution in [0.25, 0.3) is 5.57 Å². The van der Waals surface area contributed by atoms with Crippen molar-refractivity contribution < 1.29 is 0 Å². The largest absolute Gasteiger partial charge is 0.302 e. The molecule has 0 saturated heterocycles. The van der Waals surface area contributed by atoms with Crippen LogP contribution in [0.15, 0.2) is 42.1 Å². The number of aryl methyl sites for hydroxylation is 2. The lowest BCUT2D eigenvalue weighted by atomic mass is 9.92. The minimum Gasteiger partial charge on any atom is -0.302 e. The van der Waals surface area contributed by atoms with E-state index in [1.165, 1.54) is 34.3 Å². The van der Waals surface area contributed by atoms with Crippen molar-refractivity contribution in [3.63, 3.8) is 0 Å². The molecule has 146 valence electrons. The fourth-order valence-corrected chi connectivity index (χ4v) is 3.41. The second-order valence-electron chi connectivity index (χ2n) is 7.75. The first-order chi connectivity index (χ1) is 12.8. The number of hydrogen-bond acceptors (Lipinski definition) is 2. The molecule has 0 spiro atoms. The van der Waals surface area contributed by atoms with Crippen molar-refractivity contribution in [2.75, 3.05) is 20.1 Å². The number of hydrogen-bond donors (Lipinski definition) is 0. The van der Waals surface area contributed by atoms with Crippen LogP contribution in [-0.2, 0) is 0 Å². The zero-order chi connectivity index (χ0) is 20.0. The van der Waals surface area contributed by atoms with Crippen molar-refractivity contribution in [2.45, 2.75) is 53.4 Å². The van der Waals surface area contributed by atoms with Crippen LogP contribution in [0.5, 0.6) is 0 Å². The molecule has 2 nitrogen and oxygen atoms in total. The second-order valence-corrected chi connectivity index (χ2v) is 8.18. The first-order valence-corrected chi connectivity index (χ1v) is 10.3. The van der Waals surface area contributed by atoms with E-state index in [0.29, 0.717) is 5.92 Å². The van der Waals surface area contributed by atoms with Crippen molar-refractivity contribution in [2.24, 2.45) is 0 Å². The van der Waals surface area contributed by atoms with Crippen molar-refractivity contribution >= 4 is 17.2 Å². The Morgan fingerprint density at radius 1 is 1.15 bits per heavy atom. The lowest BCUT2D eigenvalue weighted by Gasteiger charge is -2.27. The maximum Gasteiger partial charge on any atom is 0.0412 e. The topological polar surface area (TPSA) is 16.1 Å². The first kappa shape index (κ1) is 21.7. The Bertz CT molecular complexity index is 777. The Balaban J connectivity index is 0.000000208. The summed E-state index contributed by atoms with van der Waals surface area (Å²) in [5, 5.41) is 0.828. The lowest BCUT2D eigenvalue weighted by Crippen LogP contribution is -2.27. The molecule has 0 amide bonds. The molecule has 1 atom stereocenters. The van der Waals surface area contributed by atoms with Crippen molar-refractivity contribution in [1.29, 1.82) is 0 Å². The van der Waals surface area contributed by atoms with E-state index < -0.39 is 0 Å². The second kappa shape index (κ2) is 10.1. The predicted molar refractivity (Wildman–Crippen MR) is 119 cm³/mol. The molecule has 2 aromatic rings. The van der Waals surface area contributed by atoms with Crippen LogP contribution in [0.2, 0.25) is 5.02 Å². The highest BCUT2D eigenvalue weighted by Crippen LogP contribution is 2.29. The van der Waals surface area contributed by atoms with Gasteiger partial charge < -0.3 is 4.90 Å². The molecule has 2 heterocycles. The van der Waals surface area contributed by atoms with Crippen LogP contribution in [-0.4, -0.2) is 30.0 Å². The summed E-state index contributed by atoms with van der Waals surface area (Å²) in [6.45, 7) is 13.0. The number of nitrogens with zero attached hydrogens (tertiary/aromatic N) is 2. The molecular weight excluding hydrogens is 352 g/mol. The third kappa shape index (κ3) is 6.19. The predicted octanol–water partition coefficient (Wildman–Crippen LogP) is 6.66. The quantitative estimate of drug-likeness (QED) is 0.588. The minimum atomic E-state index is 0.642. The Morgan fingerprint density at radius 2 is 1.89 bits per heavy atom. The van der Waals surface area contributed by atoms with Crippen molar-refractivity contribution in [3.05, 3.63) is 69.5 Å². The summed E-state index contributed by atoms with van der Waals surface area (Å²) in [5.74, 6) is 0.642. The minimum absolute atomic E-state index is 0.642. The van der Waals surface area contributed by atoms with Gasteiger partial charge in [0.15, 0.2) is 0 Å². The number of halogens is 1. The molecule has 0 N–H and O–H groups in total. The summed E-state index contributed by atoms with van der Waals surface area (Å²) in [7, 11) is 2.17. The zero-order valence-corrected chi connectivity index (χ0v) is 18.4. The van der Waals surface area contributed by atoms with Crippen LogP contribution in [0.3, 0.4) is 0 Å². The number of rotatable bonds is 3. The molecule has 1 aromatic heterocycles.